The van der Waals surface area contributed by atoms with Crippen molar-refractivity contribution in [1.82, 2.24) is 9.88 Å². The molecule has 0 amide bonds. The molecular weight excluding hydrogens is 288 g/mol. The number of nitrogens with zero attached hydrogens (tertiary/aromatic N) is 2. The van der Waals surface area contributed by atoms with Crippen molar-refractivity contribution in [3.8, 4) is 5.75 Å². The Hall–Kier alpha value is -1.91. The van der Waals surface area contributed by atoms with Crippen molar-refractivity contribution < 1.29 is 9.84 Å². The SMILES string of the molecule is Cc1cc(CN2CC[C@@H](O)C2)cc(C)c1OCc1ccccn1. The van der Waals surface area contributed by atoms with E-state index >= 15 is 0 Å². The summed E-state index contributed by atoms with van der Waals surface area (Å²) in [4.78, 5) is 6.59. The van der Waals surface area contributed by atoms with E-state index in [1.54, 1.807) is 6.20 Å². The molecule has 0 spiro atoms. The number of aliphatic hydroxyl groups is 1. The van der Waals surface area contributed by atoms with Crippen molar-refractivity contribution in [3.63, 3.8) is 0 Å². The smallest absolute Gasteiger partial charge is 0.130 e. The summed E-state index contributed by atoms with van der Waals surface area (Å²) in [5.74, 6) is 0.945. The molecule has 3 rings (SSSR count). The molecule has 1 aromatic carbocycles. The first-order valence-electron chi connectivity index (χ1n) is 8.15. The summed E-state index contributed by atoms with van der Waals surface area (Å²) >= 11 is 0. The van der Waals surface area contributed by atoms with Gasteiger partial charge < -0.3 is 9.84 Å². The number of benzene rings is 1. The Bertz CT molecular complexity index is 635. The number of rotatable bonds is 5. The lowest BCUT2D eigenvalue weighted by atomic mass is 10.1. The van der Waals surface area contributed by atoms with Crippen LogP contribution in [0.4, 0.5) is 0 Å². The van der Waals surface area contributed by atoms with Gasteiger partial charge in [-0.15, -0.1) is 0 Å². The highest BCUT2D eigenvalue weighted by atomic mass is 16.5. The van der Waals surface area contributed by atoms with Crippen LogP contribution in [0, 0.1) is 13.8 Å². The summed E-state index contributed by atoms with van der Waals surface area (Å²) in [6.45, 7) is 7.29. The molecule has 4 nitrogen and oxygen atoms in total. The molecule has 2 aromatic rings. The van der Waals surface area contributed by atoms with Crippen molar-refractivity contribution in [2.45, 2.75) is 39.5 Å². The highest BCUT2D eigenvalue weighted by molar-refractivity contribution is 5.43. The molecule has 4 heteroatoms. The van der Waals surface area contributed by atoms with Gasteiger partial charge in [0.05, 0.1) is 11.8 Å². The third-order valence-electron chi connectivity index (χ3n) is 4.26. The normalized spacial score (nSPS) is 18.3. The minimum Gasteiger partial charge on any atom is -0.487 e. The molecule has 1 fully saturated rings. The lowest BCUT2D eigenvalue weighted by Crippen LogP contribution is -2.21. The Kier molecular flexibility index (Phi) is 4.94. The van der Waals surface area contributed by atoms with Crippen molar-refractivity contribution in [2.24, 2.45) is 0 Å². The van der Waals surface area contributed by atoms with Gasteiger partial charge in [0.25, 0.3) is 0 Å². The number of likely N-dealkylation sites (tertiary alicyclic amines) is 1. The standard InChI is InChI=1S/C19H24N2O2/c1-14-9-16(11-21-8-6-18(22)12-21)10-15(2)19(14)23-13-17-5-3-4-7-20-17/h3-5,7,9-10,18,22H,6,8,11-13H2,1-2H3/t18-/m1/s1. The topological polar surface area (TPSA) is 45.6 Å². The molecule has 1 aliphatic heterocycles. The van der Waals surface area contributed by atoms with Gasteiger partial charge >= 0.3 is 0 Å². The zero-order chi connectivity index (χ0) is 16.2. The van der Waals surface area contributed by atoms with E-state index in [-0.39, 0.29) is 6.10 Å². The minimum atomic E-state index is -0.168. The van der Waals surface area contributed by atoms with E-state index in [0.29, 0.717) is 6.61 Å². The fraction of sp³-hybridized carbons (Fsp3) is 0.421. The highest BCUT2D eigenvalue weighted by Gasteiger charge is 2.20. The van der Waals surface area contributed by atoms with Crippen LogP contribution in [-0.4, -0.2) is 34.2 Å². The van der Waals surface area contributed by atoms with Crippen molar-refractivity contribution in [1.29, 1.82) is 0 Å². The van der Waals surface area contributed by atoms with Gasteiger partial charge in [-0.2, -0.15) is 0 Å². The first-order chi connectivity index (χ1) is 11.1. The maximum Gasteiger partial charge on any atom is 0.130 e. The van der Waals surface area contributed by atoms with E-state index in [9.17, 15) is 5.11 Å². The number of β-amino-alcohol motifs (C(OH)–C–C–N with tert-alkyl or cyclic N) is 1. The number of aryl methyl sites for hydroxylation is 2. The van der Waals surface area contributed by atoms with Crippen LogP contribution in [0.1, 0.15) is 28.8 Å². The third kappa shape index (κ3) is 4.09. The van der Waals surface area contributed by atoms with Crippen LogP contribution in [0.3, 0.4) is 0 Å². The van der Waals surface area contributed by atoms with Crippen LogP contribution in [0.2, 0.25) is 0 Å². The number of hydrogen-bond donors (Lipinski definition) is 1. The molecule has 122 valence electrons. The quantitative estimate of drug-likeness (QED) is 0.922. The summed E-state index contributed by atoms with van der Waals surface area (Å²) < 4.78 is 5.98. The summed E-state index contributed by atoms with van der Waals surface area (Å²) in [5, 5.41) is 9.64. The van der Waals surface area contributed by atoms with E-state index in [2.05, 4.69) is 35.9 Å². The fourth-order valence-electron chi connectivity index (χ4n) is 3.20. The van der Waals surface area contributed by atoms with Crippen LogP contribution < -0.4 is 4.74 Å². The number of pyridine rings is 1. The van der Waals surface area contributed by atoms with Gasteiger partial charge in [0.15, 0.2) is 0 Å². The molecule has 1 aromatic heterocycles. The number of hydrogen-bond acceptors (Lipinski definition) is 4. The van der Waals surface area contributed by atoms with Gasteiger partial charge in [0.2, 0.25) is 0 Å². The van der Waals surface area contributed by atoms with Crippen LogP contribution in [0.15, 0.2) is 36.5 Å². The first kappa shape index (κ1) is 16.0. The molecule has 1 aliphatic rings. The van der Waals surface area contributed by atoms with E-state index in [0.717, 1.165) is 48.6 Å². The average Bonchev–Trinajstić information content (AvgIpc) is 2.92. The van der Waals surface area contributed by atoms with Gasteiger partial charge in [0, 0.05) is 25.8 Å². The molecule has 0 radical (unpaired) electrons. The largest absolute Gasteiger partial charge is 0.487 e. The van der Waals surface area contributed by atoms with Crippen LogP contribution in [0.5, 0.6) is 5.75 Å². The molecule has 1 atom stereocenters. The lowest BCUT2D eigenvalue weighted by Gasteiger charge is -2.18. The second-order valence-corrected chi connectivity index (χ2v) is 6.35. The van der Waals surface area contributed by atoms with Gasteiger partial charge in [-0.3, -0.25) is 9.88 Å². The molecule has 2 heterocycles. The number of aromatic nitrogens is 1. The van der Waals surface area contributed by atoms with Gasteiger partial charge in [-0.05, 0) is 49.1 Å². The van der Waals surface area contributed by atoms with E-state index in [1.165, 1.54) is 5.56 Å². The van der Waals surface area contributed by atoms with E-state index in [1.807, 2.05) is 18.2 Å². The first-order valence-corrected chi connectivity index (χ1v) is 8.15. The fourth-order valence-corrected chi connectivity index (χ4v) is 3.20. The minimum absolute atomic E-state index is 0.168. The summed E-state index contributed by atoms with van der Waals surface area (Å²) in [6.07, 6.45) is 2.49. The van der Waals surface area contributed by atoms with Crippen molar-refractivity contribution in [2.75, 3.05) is 13.1 Å². The maximum absolute atomic E-state index is 9.64. The molecule has 0 aliphatic carbocycles. The second-order valence-electron chi connectivity index (χ2n) is 6.35. The number of ether oxygens (including phenoxy) is 1. The molecule has 0 saturated carbocycles. The molecule has 0 unspecified atom stereocenters. The average molecular weight is 312 g/mol. The zero-order valence-electron chi connectivity index (χ0n) is 13.8. The molecule has 0 bridgehead atoms. The maximum atomic E-state index is 9.64. The van der Waals surface area contributed by atoms with Gasteiger partial charge in [0.1, 0.15) is 12.4 Å². The Morgan fingerprint density at radius 3 is 2.65 bits per heavy atom. The molecule has 1 N–H and O–H groups in total. The molecule has 23 heavy (non-hydrogen) atoms. The van der Waals surface area contributed by atoms with Gasteiger partial charge in [-0.25, -0.2) is 0 Å². The summed E-state index contributed by atoms with van der Waals surface area (Å²) in [6, 6.07) is 10.2. The van der Waals surface area contributed by atoms with Crippen LogP contribution >= 0.6 is 0 Å². The van der Waals surface area contributed by atoms with E-state index in [4.69, 9.17) is 4.74 Å². The monoisotopic (exact) mass is 312 g/mol. The van der Waals surface area contributed by atoms with Crippen molar-refractivity contribution in [3.05, 3.63) is 58.9 Å². The van der Waals surface area contributed by atoms with Crippen LogP contribution in [-0.2, 0) is 13.2 Å². The second kappa shape index (κ2) is 7.11. The van der Waals surface area contributed by atoms with E-state index < -0.39 is 0 Å². The third-order valence-corrected chi connectivity index (χ3v) is 4.26. The Balaban J connectivity index is 1.67. The van der Waals surface area contributed by atoms with Gasteiger partial charge in [-0.1, -0.05) is 18.2 Å². The Morgan fingerprint density at radius 1 is 1.26 bits per heavy atom. The predicted octanol–water partition coefficient (Wildman–Crippen LogP) is 2.84. The summed E-state index contributed by atoms with van der Waals surface area (Å²) in [7, 11) is 0. The van der Waals surface area contributed by atoms with Crippen molar-refractivity contribution >= 4 is 0 Å². The molecule has 1 saturated heterocycles. The van der Waals surface area contributed by atoms with Crippen LogP contribution in [0.25, 0.3) is 0 Å². The zero-order valence-corrected chi connectivity index (χ0v) is 13.8. The summed E-state index contributed by atoms with van der Waals surface area (Å²) in [5.41, 5.74) is 4.51. The Labute approximate surface area is 137 Å². The Morgan fingerprint density at radius 2 is 2.04 bits per heavy atom. The highest BCUT2D eigenvalue weighted by Crippen LogP contribution is 2.27. The number of aliphatic hydroxyl groups excluding tert-OH is 1. The predicted molar refractivity (Wildman–Crippen MR) is 90.4 cm³/mol. The molecular formula is C19H24N2O2. The lowest BCUT2D eigenvalue weighted by molar-refractivity contribution is 0.175.